The van der Waals surface area contributed by atoms with Crippen LogP contribution in [0.5, 0.6) is 0 Å². The zero-order valence-corrected chi connectivity index (χ0v) is 4.66. The van der Waals surface area contributed by atoms with Crippen molar-refractivity contribution in [3.63, 3.8) is 0 Å². The van der Waals surface area contributed by atoms with Gasteiger partial charge in [-0.15, -0.1) is 0 Å². The summed E-state index contributed by atoms with van der Waals surface area (Å²) in [7, 11) is 1.85. The van der Waals surface area contributed by atoms with Gasteiger partial charge in [0.2, 0.25) is 0 Å². The van der Waals surface area contributed by atoms with Crippen LogP contribution in [-0.4, -0.2) is 24.4 Å². The number of rotatable bonds is 1. The van der Waals surface area contributed by atoms with E-state index in [4.69, 9.17) is 0 Å². The number of carbonyl (C=O) groups excluding carboxylic acids is 1. The molecule has 1 heterocycles. The van der Waals surface area contributed by atoms with Crippen LogP contribution < -0.4 is 5.43 Å². The Hall–Kier alpha value is -0.830. The van der Waals surface area contributed by atoms with Gasteiger partial charge in [-0.3, -0.25) is 0 Å². The molecule has 0 aromatic carbocycles. The van der Waals surface area contributed by atoms with Crippen molar-refractivity contribution in [2.45, 2.75) is 6.04 Å². The molecule has 0 spiro atoms. The first-order valence-electron chi connectivity index (χ1n) is 2.45. The summed E-state index contributed by atoms with van der Waals surface area (Å²) < 4.78 is 0. The average Bonchev–Trinajstić information content (AvgIpc) is 2.14. The fourth-order valence-electron chi connectivity index (χ4n) is 0.619. The van der Waals surface area contributed by atoms with Crippen molar-refractivity contribution in [3.05, 3.63) is 12.3 Å². The van der Waals surface area contributed by atoms with E-state index in [2.05, 4.69) is 5.43 Å². The van der Waals surface area contributed by atoms with Crippen molar-refractivity contribution in [1.82, 2.24) is 10.4 Å². The van der Waals surface area contributed by atoms with Crippen molar-refractivity contribution in [2.24, 2.45) is 0 Å². The molecule has 0 saturated carbocycles. The number of carbonyl (C=O) groups is 1. The van der Waals surface area contributed by atoms with Crippen molar-refractivity contribution in [2.75, 3.05) is 7.05 Å². The van der Waals surface area contributed by atoms with Crippen molar-refractivity contribution in [3.8, 4) is 0 Å². The lowest BCUT2D eigenvalue weighted by molar-refractivity contribution is -0.109. The molecular formula is C5H8N2O. The lowest BCUT2D eigenvalue weighted by Gasteiger charge is -2.08. The van der Waals surface area contributed by atoms with Crippen LogP contribution in [0.4, 0.5) is 0 Å². The van der Waals surface area contributed by atoms with Crippen LogP contribution in [-0.2, 0) is 4.79 Å². The third-order valence-corrected chi connectivity index (χ3v) is 1.02. The molecule has 0 aromatic heterocycles. The van der Waals surface area contributed by atoms with E-state index in [0.717, 1.165) is 6.29 Å². The third kappa shape index (κ3) is 0.869. The monoisotopic (exact) mass is 112 g/mol. The number of hydrogen-bond donors (Lipinski definition) is 1. The molecule has 0 bridgehead atoms. The minimum absolute atomic E-state index is 0.111. The summed E-state index contributed by atoms with van der Waals surface area (Å²) in [6.45, 7) is 0. The average molecular weight is 112 g/mol. The zero-order valence-electron chi connectivity index (χ0n) is 4.66. The van der Waals surface area contributed by atoms with Gasteiger partial charge in [0.1, 0.15) is 12.3 Å². The smallest absolute Gasteiger partial charge is 0.142 e. The topological polar surface area (TPSA) is 32.3 Å². The van der Waals surface area contributed by atoms with E-state index in [1.807, 2.05) is 13.2 Å². The number of nitrogens with zero attached hydrogens (tertiary/aromatic N) is 1. The van der Waals surface area contributed by atoms with Crippen molar-refractivity contribution >= 4 is 6.29 Å². The van der Waals surface area contributed by atoms with Crippen molar-refractivity contribution in [1.29, 1.82) is 0 Å². The Labute approximate surface area is 47.9 Å². The molecule has 0 saturated heterocycles. The van der Waals surface area contributed by atoms with Gasteiger partial charge in [-0.1, -0.05) is 0 Å². The van der Waals surface area contributed by atoms with Gasteiger partial charge in [-0.05, 0) is 6.08 Å². The van der Waals surface area contributed by atoms with Crippen LogP contribution in [0, 0.1) is 0 Å². The first-order chi connectivity index (χ1) is 3.83. The summed E-state index contributed by atoms with van der Waals surface area (Å²) in [6, 6.07) is -0.111. The molecular weight excluding hydrogens is 104 g/mol. The molecule has 8 heavy (non-hydrogen) atoms. The highest BCUT2D eigenvalue weighted by Gasteiger charge is 2.08. The van der Waals surface area contributed by atoms with Crippen molar-refractivity contribution < 1.29 is 4.79 Å². The molecule has 0 amide bonds. The van der Waals surface area contributed by atoms with Crippen LogP contribution in [0.25, 0.3) is 0 Å². The molecule has 0 aliphatic carbocycles. The minimum Gasteiger partial charge on any atom is -0.318 e. The summed E-state index contributed by atoms with van der Waals surface area (Å²) in [5, 5.41) is 1.75. The number of hydrazine groups is 1. The largest absolute Gasteiger partial charge is 0.318 e. The summed E-state index contributed by atoms with van der Waals surface area (Å²) >= 11 is 0. The normalized spacial score (nSPS) is 26.6. The molecule has 3 nitrogen and oxygen atoms in total. The fourth-order valence-corrected chi connectivity index (χ4v) is 0.619. The Morgan fingerprint density at radius 3 is 2.88 bits per heavy atom. The Balaban J connectivity index is 2.45. The lowest BCUT2D eigenvalue weighted by Crippen LogP contribution is -2.32. The first kappa shape index (κ1) is 5.31. The molecule has 1 rings (SSSR count). The van der Waals surface area contributed by atoms with Crippen LogP contribution >= 0.6 is 0 Å². The number of nitrogens with one attached hydrogen (secondary N) is 1. The summed E-state index contributed by atoms with van der Waals surface area (Å²) in [6.07, 6.45) is 4.48. The van der Waals surface area contributed by atoms with E-state index in [1.54, 1.807) is 11.1 Å². The van der Waals surface area contributed by atoms with E-state index >= 15 is 0 Å². The standard InChI is InChI=1S/C5H8N2O/c1-7-3-2-5(4-8)6-7/h2-6H,1H3. The molecule has 0 fully saturated rings. The first-order valence-corrected chi connectivity index (χ1v) is 2.45. The minimum atomic E-state index is -0.111. The Morgan fingerprint density at radius 1 is 1.88 bits per heavy atom. The maximum absolute atomic E-state index is 10.0. The molecule has 1 atom stereocenters. The van der Waals surface area contributed by atoms with Crippen LogP contribution in [0.15, 0.2) is 12.3 Å². The van der Waals surface area contributed by atoms with Gasteiger partial charge in [0.05, 0.1) is 0 Å². The number of aldehydes is 1. The van der Waals surface area contributed by atoms with E-state index in [-0.39, 0.29) is 6.04 Å². The van der Waals surface area contributed by atoms with E-state index < -0.39 is 0 Å². The third-order valence-electron chi connectivity index (χ3n) is 1.02. The van der Waals surface area contributed by atoms with Gasteiger partial charge >= 0.3 is 0 Å². The molecule has 1 aliphatic rings. The Kier molecular flexibility index (Phi) is 1.30. The molecule has 1 unspecified atom stereocenters. The van der Waals surface area contributed by atoms with Gasteiger partial charge in [-0.2, -0.15) is 0 Å². The molecule has 44 valence electrons. The van der Waals surface area contributed by atoms with Gasteiger partial charge < -0.3 is 9.80 Å². The van der Waals surface area contributed by atoms with Crippen LogP contribution in [0.1, 0.15) is 0 Å². The molecule has 0 aromatic rings. The predicted octanol–water partition coefficient (Wildman–Crippen LogP) is -0.482. The van der Waals surface area contributed by atoms with E-state index in [0.29, 0.717) is 0 Å². The van der Waals surface area contributed by atoms with E-state index in [1.165, 1.54) is 0 Å². The highest BCUT2D eigenvalue weighted by atomic mass is 16.1. The Morgan fingerprint density at radius 2 is 2.62 bits per heavy atom. The molecule has 1 aliphatic heterocycles. The highest BCUT2D eigenvalue weighted by Crippen LogP contribution is 1.93. The fraction of sp³-hybridized carbons (Fsp3) is 0.400. The number of hydrogen-bond acceptors (Lipinski definition) is 3. The van der Waals surface area contributed by atoms with Crippen LogP contribution in [0.3, 0.4) is 0 Å². The summed E-state index contributed by atoms with van der Waals surface area (Å²) in [5.41, 5.74) is 2.86. The lowest BCUT2D eigenvalue weighted by atomic mass is 10.4. The van der Waals surface area contributed by atoms with Gasteiger partial charge in [0.25, 0.3) is 0 Å². The van der Waals surface area contributed by atoms with Gasteiger partial charge in [0.15, 0.2) is 0 Å². The maximum Gasteiger partial charge on any atom is 0.142 e. The predicted molar refractivity (Wildman–Crippen MR) is 29.9 cm³/mol. The zero-order chi connectivity index (χ0) is 5.98. The van der Waals surface area contributed by atoms with Gasteiger partial charge in [-0.25, -0.2) is 5.43 Å². The second kappa shape index (κ2) is 1.96. The highest BCUT2D eigenvalue weighted by molar-refractivity contribution is 5.61. The van der Waals surface area contributed by atoms with Crippen LogP contribution in [0.2, 0.25) is 0 Å². The van der Waals surface area contributed by atoms with Gasteiger partial charge in [0, 0.05) is 13.2 Å². The summed E-state index contributed by atoms with van der Waals surface area (Å²) in [4.78, 5) is 10.0. The molecule has 1 N–H and O–H groups in total. The Bertz CT molecular complexity index is 122. The van der Waals surface area contributed by atoms with E-state index in [9.17, 15) is 4.79 Å². The SMILES string of the molecule is CN1C=CC(C=O)N1. The second-order valence-corrected chi connectivity index (χ2v) is 1.74. The second-order valence-electron chi connectivity index (χ2n) is 1.74. The molecule has 0 radical (unpaired) electrons. The summed E-state index contributed by atoms with van der Waals surface area (Å²) in [5.74, 6) is 0. The maximum atomic E-state index is 10.0. The quantitative estimate of drug-likeness (QED) is 0.465. The molecule has 3 heteroatoms.